The number of hydrogen-bond donors (Lipinski definition) is 2. The van der Waals surface area contributed by atoms with Crippen molar-refractivity contribution in [3.05, 3.63) is 17.0 Å². The quantitative estimate of drug-likeness (QED) is 0.656. The zero-order chi connectivity index (χ0) is 14.5. The number of H-pyrrole nitrogens is 1. The van der Waals surface area contributed by atoms with Crippen molar-refractivity contribution < 1.29 is 9.53 Å². The highest BCUT2D eigenvalue weighted by molar-refractivity contribution is 5.78. The van der Waals surface area contributed by atoms with Crippen molar-refractivity contribution in [2.75, 3.05) is 7.11 Å². The summed E-state index contributed by atoms with van der Waals surface area (Å²) in [6, 6.07) is -0.0304. The van der Waals surface area contributed by atoms with Crippen LogP contribution in [0.1, 0.15) is 61.5 Å². The van der Waals surface area contributed by atoms with Gasteiger partial charge in [-0.2, -0.15) is 5.10 Å². The lowest BCUT2D eigenvalue weighted by molar-refractivity contribution is -0.143. The molecule has 1 fully saturated rings. The normalized spacial score (nSPS) is 18.6. The van der Waals surface area contributed by atoms with E-state index in [-0.39, 0.29) is 5.97 Å². The summed E-state index contributed by atoms with van der Waals surface area (Å²) < 4.78 is 4.98. The molecular formula is C15H25N3O2. The van der Waals surface area contributed by atoms with Crippen LogP contribution in [0.5, 0.6) is 0 Å². The van der Waals surface area contributed by atoms with Gasteiger partial charge in [0, 0.05) is 17.3 Å². The number of carbonyl (C=O) groups is 1. The van der Waals surface area contributed by atoms with Gasteiger partial charge in [0.2, 0.25) is 0 Å². The van der Waals surface area contributed by atoms with Crippen LogP contribution in [0.2, 0.25) is 0 Å². The molecule has 5 heteroatoms. The second kappa shape index (κ2) is 6.88. The maximum Gasteiger partial charge on any atom is 0.327 e. The summed E-state index contributed by atoms with van der Waals surface area (Å²) in [7, 11) is 1.44. The number of esters is 1. The van der Waals surface area contributed by atoms with Crippen LogP contribution in [0.25, 0.3) is 0 Å². The number of nitrogens with one attached hydrogen (secondary N) is 2. The first-order chi connectivity index (χ1) is 9.63. The predicted octanol–water partition coefficient (Wildman–Crippen LogP) is 2.55. The highest BCUT2D eigenvalue weighted by atomic mass is 16.5. The Hall–Kier alpha value is -1.36. The van der Waals surface area contributed by atoms with Crippen molar-refractivity contribution in [1.29, 1.82) is 0 Å². The maximum atomic E-state index is 12.1. The van der Waals surface area contributed by atoms with Gasteiger partial charge in [0.1, 0.15) is 6.04 Å². The molecule has 0 saturated heterocycles. The summed E-state index contributed by atoms with van der Waals surface area (Å²) in [5, 5.41) is 10.6. The van der Waals surface area contributed by atoms with Crippen LogP contribution < -0.4 is 5.32 Å². The fraction of sp³-hybridized carbons (Fsp3) is 0.733. The first-order valence-corrected chi connectivity index (χ1v) is 7.48. The van der Waals surface area contributed by atoms with Crippen molar-refractivity contribution in [3.8, 4) is 0 Å². The second-order valence-electron chi connectivity index (χ2n) is 5.66. The Morgan fingerprint density at radius 3 is 2.45 bits per heavy atom. The van der Waals surface area contributed by atoms with Crippen LogP contribution in [-0.2, 0) is 9.53 Å². The van der Waals surface area contributed by atoms with Gasteiger partial charge in [-0.25, -0.2) is 4.79 Å². The third-order valence-corrected chi connectivity index (χ3v) is 4.17. The van der Waals surface area contributed by atoms with E-state index in [1.807, 2.05) is 13.8 Å². The summed E-state index contributed by atoms with van der Waals surface area (Å²) in [6.07, 6.45) is 7.31. The molecule has 0 aliphatic heterocycles. The Morgan fingerprint density at radius 1 is 1.30 bits per heavy atom. The molecule has 1 aromatic rings. The van der Waals surface area contributed by atoms with Gasteiger partial charge >= 0.3 is 5.97 Å². The van der Waals surface area contributed by atoms with E-state index in [1.165, 1.54) is 32.8 Å². The van der Waals surface area contributed by atoms with Gasteiger partial charge in [-0.15, -0.1) is 0 Å². The Labute approximate surface area is 120 Å². The Kier molecular flexibility index (Phi) is 5.17. The highest BCUT2D eigenvalue weighted by Gasteiger charge is 2.29. The van der Waals surface area contributed by atoms with Crippen LogP contribution in [0, 0.1) is 13.8 Å². The van der Waals surface area contributed by atoms with E-state index in [1.54, 1.807) is 0 Å². The van der Waals surface area contributed by atoms with E-state index >= 15 is 0 Å². The number of aromatic nitrogens is 2. The summed E-state index contributed by atoms with van der Waals surface area (Å²) in [5.41, 5.74) is 2.72. The molecule has 0 radical (unpaired) electrons. The molecule has 1 saturated carbocycles. The van der Waals surface area contributed by atoms with Gasteiger partial charge in [0.05, 0.1) is 12.8 Å². The van der Waals surface area contributed by atoms with Crippen molar-refractivity contribution in [2.24, 2.45) is 0 Å². The van der Waals surface area contributed by atoms with Crippen LogP contribution in [-0.4, -0.2) is 29.3 Å². The molecule has 0 bridgehead atoms. The third kappa shape index (κ3) is 3.39. The van der Waals surface area contributed by atoms with Crippen LogP contribution in [0.4, 0.5) is 0 Å². The number of aryl methyl sites for hydroxylation is 2. The van der Waals surface area contributed by atoms with Gasteiger partial charge < -0.3 is 4.74 Å². The van der Waals surface area contributed by atoms with Gasteiger partial charge in [-0.1, -0.05) is 25.7 Å². The van der Waals surface area contributed by atoms with Crippen LogP contribution in [0.3, 0.4) is 0 Å². The molecular weight excluding hydrogens is 254 g/mol. The molecule has 2 N–H and O–H groups in total. The van der Waals surface area contributed by atoms with E-state index in [0.717, 1.165) is 29.8 Å². The van der Waals surface area contributed by atoms with Gasteiger partial charge in [-0.05, 0) is 26.7 Å². The second-order valence-corrected chi connectivity index (χ2v) is 5.66. The largest absolute Gasteiger partial charge is 0.468 e. The van der Waals surface area contributed by atoms with E-state index in [0.29, 0.717) is 6.04 Å². The zero-order valence-electron chi connectivity index (χ0n) is 12.7. The molecule has 1 heterocycles. The Morgan fingerprint density at radius 2 is 1.95 bits per heavy atom. The van der Waals surface area contributed by atoms with Crippen molar-refractivity contribution in [2.45, 2.75) is 64.5 Å². The fourth-order valence-corrected chi connectivity index (χ4v) is 3.05. The maximum absolute atomic E-state index is 12.1. The summed E-state index contributed by atoms with van der Waals surface area (Å²) in [4.78, 5) is 12.1. The SMILES string of the molecule is COC(=O)C(NC1CCCCCC1)c1c(C)n[nH]c1C. The van der Waals surface area contributed by atoms with Crippen molar-refractivity contribution >= 4 is 5.97 Å². The topological polar surface area (TPSA) is 67.0 Å². The van der Waals surface area contributed by atoms with E-state index in [2.05, 4.69) is 15.5 Å². The lowest BCUT2D eigenvalue weighted by Gasteiger charge is -2.23. The molecule has 20 heavy (non-hydrogen) atoms. The lowest BCUT2D eigenvalue weighted by atomic mass is 10.0. The molecule has 0 amide bonds. The molecule has 0 spiro atoms. The molecule has 1 aliphatic rings. The smallest absolute Gasteiger partial charge is 0.327 e. The molecule has 2 rings (SSSR count). The van der Waals surface area contributed by atoms with E-state index in [4.69, 9.17) is 4.74 Å². The average molecular weight is 279 g/mol. The number of ether oxygens (including phenoxy) is 1. The minimum Gasteiger partial charge on any atom is -0.468 e. The first kappa shape index (κ1) is 15.0. The zero-order valence-corrected chi connectivity index (χ0v) is 12.7. The Balaban J connectivity index is 2.17. The number of aromatic amines is 1. The molecule has 1 unspecified atom stereocenters. The summed E-state index contributed by atoms with van der Waals surface area (Å²) >= 11 is 0. The first-order valence-electron chi connectivity index (χ1n) is 7.48. The van der Waals surface area contributed by atoms with Gasteiger partial charge in [0.25, 0.3) is 0 Å². The third-order valence-electron chi connectivity index (χ3n) is 4.17. The number of hydrogen-bond acceptors (Lipinski definition) is 4. The summed E-state index contributed by atoms with van der Waals surface area (Å²) in [5.74, 6) is -0.234. The predicted molar refractivity (Wildman–Crippen MR) is 77.4 cm³/mol. The van der Waals surface area contributed by atoms with Crippen molar-refractivity contribution in [1.82, 2.24) is 15.5 Å². The molecule has 112 valence electrons. The standard InChI is InChI=1S/C15H25N3O2/c1-10-13(11(2)18-17-10)14(15(19)20-3)16-12-8-6-4-5-7-9-12/h12,14,16H,4-9H2,1-3H3,(H,17,18). The fourth-order valence-electron chi connectivity index (χ4n) is 3.05. The number of carbonyl (C=O) groups excluding carboxylic acids is 1. The molecule has 5 nitrogen and oxygen atoms in total. The monoisotopic (exact) mass is 279 g/mol. The van der Waals surface area contributed by atoms with Gasteiger partial charge in [0.15, 0.2) is 0 Å². The molecule has 1 atom stereocenters. The average Bonchev–Trinajstić information content (AvgIpc) is 2.67. The molecule has 1 aliphatic carbocycles. The number of nitrogens with zero attached hydrogens (tertiary/aromatic N) is 1. The van der Waals surface area contributed by atoms with Crippen LogP contribution >= 0.6 is 0 Å². The molecule has 0 aromatic carbocycles. The van der Waals surface area contributed by atoms with E-state index < -0.39 is 6.04 Å². The lowest BCUT2D eigenvalue weighted by Crippen LogP contribution is -2.38. The van der Waals surface area contributed by atoms with E-state index in [9.17, 15) is 4.79 Å². The number of rotatable bonds is 4. The minimum atomic E-state index is -0.415. The van der Waals surface area contributed by atoms with Gasteiger partial charge in [-0.3, -0.25) is 10.4 Å². The molecule has 1 aromatic heterocycles. The number of methoxy groups -OCH3 is 1. The van der Waals surface area contributed by atoms with Crippen molar-refractivity contribution in [3.63, 3.8) is 0 Å². The minimum absolute atomic E-state index is 0.234. The highest BCUT2D eigenvalue weighted by Crippen LogP contribution is 2.25. The summed E-state index contributed by atoms with van der Waals surface area (Å²) in [6.45, 7) is 3.86. The van der Waals surface area contributed by atoms with Crippen LogP contribution in [0.15, 0.2) is 0 Å². The Bertz CT molecular complexity index is 428.